The van der Waals surface area contributed by atoms with E-state index in [1.807, 2.05) is 0 Å². The Morgan fingerprint density at radius 3 is 2.34 bits per heavy atom. The molecule has 2 aliphatic heterocycles. The van der Waals surface area contributed by atoms with Gasteiger partial charge in [0.1, 0.15) is 5.84 Å². The van der Waals surface area contributed by atoms with Crippen LogP contribution in [0.1, 0.15) is 80.5 Å². The monoisotopic (exact) mass is 713 g/mol. The maximum Gasteiger partial charge on any atom is 0.134 e. The molecule has 2 heterocycles. The van der Waals surface area contributed by atoms with Crippen LogP contribution in [0.15, 0.2) is 167 Å². The van der Waals surface area contributed by atoms with Crippen molar-refractivity contribution >= 4 is 17.6 Å². The fourth-order valence-electron chi connectivity index (χ4n) is 11.1. The zero-order valence-corrected chi connectivity index (χ0v) is 31.4. The number of benzene rings is 3. The van der Waals surface area contributed by atoms with Crippen molar-refractivity contribution in [3.63, 3.8) is 0 Å². The topological polar surface area (TPSA) is 36.4 Å². The molecule has 0 saturated carbocycles. The summed E-state index contributed by atoms with van der Waals surface area (Å²) in [6, 6.07) is 33.3. The maximum absolute atomic E-state index is 5.37. The minimum atomic E-state index is 0.0705. The first kappa shape index (κ1) is 33.4. The molecule has 4 heteroatoms. The molecule has 9 atom stereocenters. The van der Waals surface area contributed by atoms with Crippen LogP contribution in [-0.2, 0) is 5.41 Å². The van der Waals surface area contributed by atoms with E-state index in [-0.39, 0.29) is 11.5 Å². The zero-order valence-electron chi connectivity index (χ0n) is 30.6. The van der Waals surface area contributed by atoms with Crippen LogP contribution in [0.3, 0.4) is 0 Å². The Morgan fingerprint density at radius 2 is 1.55 bits per heavy atom. The molecule has 2 N–H and O–H groups in total. The summed E-state index contributed by atoms with van der Waals surface area (Å²) in [5.74, 6) is 3.51. The van der Waals surface area contributed by atoms with Gasteiger partial charge in [-0.05, 0) is 110 Å². The van der Waals surface area contributed by atoms with Crippen LogP contribution >= 0.6 is 11.8 Å². The van der Waals surface area contributed by atoms with E-state index in [9.17, 15) is 0 Å². The normalized spacial score (nSPS) is 34.6. The van der Waals surface area contributed by atoms with Gasteiger partial charge >= 0.3 is 0 Å². The number of nitrogens with one attached hydrogen (secondary N) is 2. The van der Waals surface area contributed by atoms with E-state index < -0.39 is 0 Å². The summed E-state index contributed by atoms with van der Waals surface area (Å²) in [6.45, 7) is 0. The van der Waals surface area contributed by atoms with Crippen molar-refractivity contribution in [2.24, 2.45) is 34.6 Å². The van der Waals surface area contributed by atoms with Gasteiger partial charge in [-0.3, -0.25) is 5.32 Å². The molecule has 53 heavy (non-hydrogen) atoms. The molecule has 0 bridgehead atoms. The van der Waals surface area contributed by atoms with Crippen LogP contribution in [0.2, 0.25) is 0 Å². The van der Waals surface area contributed by atoms with Gasteiger partial charge in [-0.1, -0.05) is 139 Å². The molecule has 5 aliphatic carbocycles. The molecular formula is C49H51N3S. The molecule has 1 saturated heterocycles. The largest absolute Gasteiger partial charge is 0.359 e. The number of aliphatic imine (C=N–C) groups is 1. The third kappa shape index (κ3) is 5.88. The molecular weight excluding hydrogens is 663 g/mol. The molecule has 3 aromatic carbocycles. The van der Waals surface area contributed by atoms with E-state index in [0.717, 1.165) is 17.8 Å². The smallest absolute Gasteiger partial charge is 0.134 e. The molecule has 0 spiro atoms. The second-order valence-corrected chi connectivity index (χ2v) is 17.6. The second kappa shape index (κ2) is 14.3. The molecule has 3 aromatic rings. The van der Waals surface area contributed by atoms with Gasteiger partial charge in [0.15, 0.2) is 0 Å². The molecule has 7 aliphatic rings. The molecule has 0 radical (unpaired) electrons. The minimum Gasteiger partial charge on any atom is -0.359 e. The quantitative estimate of drug-likeness (QED) is 0.239. The highest BCUT2D eigenvalue weighted by molar-refractivity contribution is 8.01. The van der Waals surface area contributed by atoms with Crippen LogP contribution in [0.25, 0.3) is 0 Å². The SMILES string of the molecule is C1=CC(C2(c3ccccc3)C3=C(C=CCC3)C3=CCC(C4NC(C5CCC=CC5C5=CC(c6ccccc6)NC(c6ccccc6)=N5)S4)CC32)CCC1. The third-order valence-corrected chi connectivity index (χ3v) is 15.1. The summed E-state index contributed by atoms with van der Waals surface area (Å²) in [6.07, 6.45) is 31.0. The van der Waals surface area contributed by atoms with Crippen LogP contribution < -0.4 is 10.6 Å². The fraction of sp³-hybridized carbons (Fsp3) is 0.367. The average molecular weight is 714 g/mol. The number of rotatable bonds is 7. The van der Waals surface area contributed by atoms with Crippen LogP contribution in [-0.4, -0.2) is 16.6 Å². The van der Waals surface area contributed by atoms with Gasteiger partial charge in [-0.15, -0.1) is 11.8 Å². The van der Waals surface area contributed by atoms with E-state index >= 15 is 0 Å². The lowest BCUT2D eigenvalue weighted by Crippen LogP contribution is -2.56. The highest BCUT2D eigenvalue weighted by Gasteiger charge is 2.57. The molecule has 1 fully saturated rings. The molecule has 0 aromatic heterocycles. The van der Waals surface area contributed by atoms with Gasteiger partial charge in [-0.25, -0.2) is 4.99 Å². The van der Waals surface area contributed by atoms with Gasteiger partial charge in [0.05, 0.1) is 16.8 Å². The zero-order chi connectivity index (χ0) is 35.2. The lowest BCUT2D eigenvalue weighted by Gasteiger charge is -2.51. The van der Waals surface area contributed by atoms with Gasteiger partial charge in [0.25, 0.3) is 0 Å². The highest BCUT2D eigenvalue weighted by atomic mass is 32.2. The van der Waals surface area contributed by atoms with Crippen molar-refractivity contribution < 1.29 is 0 Å². The lowest BCUT2D eigenvalue weighted by molar-refractivity contribution is 0.202. The van der Waals surface area contributed by atoms with E-state index in [0.29, 0.717) is 40.3 Å². The van der Waals surface area contributed by atoms with E-state index in [2.05, 4.69) is 162 Å². The van der Waals surface area contributed by atoms with Gasteiger partial charge in [0.2, 0.25) is 0 Å². The molecule has 268 valence electrons. The van der Waals surface area contributed by atoms with Crippen molar-refractivity contribution in [3.05, 3.63) is 179 Å². The van der Waals surface area contributed by atoms with Crippen LogP contribution in [0.4, 0.5) is 0 Å². The maximum atomic E-state index is 5.37. The molecule has 0 amide bonds. The van der Waals surface area contributed by atoms with E-state index in [1.54, 1.807) is 22.3 Å². The number of amidine groups is 1. The Bertz CT molecular complexity index is 2030. The Labute approximate surface area is 320 Å². The number of allylic oxidation sites excluding steroid dienone is 10. The predicted octanol–water partition coefficient (Wildman–Crippen LogP) is 11.1. The van der Waals surface area contributed by atoms with Crippen molar-refractivity contribution in [2.75, 3.05) is 0 Å². The fourth-order valence-corrected chi connectivity index (χ4v) is 12.6. The summed E-state index contributed by atoms with van der Waals surface area (Å²) in [5.41, 5.74) is 10.2. The first-order valence-electron chi connectivity index (χ1n) is 20.4. The summed E-state index contributed by atoms with van der Waals surface area (Å²) in [4.78, 5) is 5.37. The Kier molecular flexibility index (Phi) is 9.00. The van der Waals surface area contributed by atoms with E-state index in [1.165, 1.54) is 62.6 Å². The van der Waals surface area contributed by atoms with Crippen molar-refractivity contribution in [1.29, 1.82) is 0 Å². The molecule has 9 unspecified atom stereocenters. The molecule has 3 nitrogen and oxygen atoms in total. The highest BCUT2D eigenvalue weighted by Crippen LogP contribution is 2.64. The van der Waals surface area contributed by atoms with Crippen molar-refractivity contribution in [2.45, 2.75) is 80.0 Å². The second-order valence-electron chi connectivity index (χ2n) is 16.3. The Morgan fingerprint density at radius 1 is 0.774 bits per heavy atom. The van der Waals surface area contributed by atoms with Crippen molar-refractivity contribution in [1.82, 2.24) is 10.6 Å². The lowest BCUT2D eigenvalue weighted by atomic mass is 9.55. The van der Waals surface area contributed by atoms with E-state index in [4.69, 9.17) is 4.99 Å². The van der Waals surface area contributed by atoms with Crippen molar-refractivity contribution in [3.8, 4) is 0 Å². The number of hydrogen-bond donors (Lipinski definition) is 2. The Hall–Kier alpha value is -4.12. The summed E-state index contributed by atoms with van der Waals surface area (Å²) in [7, 11) is 0. The summed E-state index contributed by atoms with van der Waals surface area (Å²) in [5, 5.41) is 8.94. The third-order valence-electron chi connectivity index (χ3n) is 13.5. The van der Waals surface area contributed by atoms with Crippen LogP contribution in [0.5, 0.6) is 0 Å². The average Bonchev–Trinajstić information content (AvgIpc) is 3.52. The minimum absolute atomic E-state index is 0.0705. The van der Waals surface area contributed by atoms with Gasteiger partial charge in [0, 0.05) is 22.6 Å². The number of nitrogens with zero attached hydrogens (tertiary/aromatic N) is 1. The van der Waals surface area contributed by atoms with Gasteiger partial charge < -0.3 is 5.32 Å². The Balaban J connectivity index is 0.923. The van der Waals surface area contributed by atoms with Crippen LogP contribution in [0, 0.1) is 29.6 Å². The standard InChI is InChI=1S/C49H51N3S/c1-5-17-33(18-6-1)44-32-45(51-46(50-44)34-19-7-2-8-20-34)40-26-13-14-27-41(40)48-52-47(53-48)35-29-30-39-38-25-15-16-28-42(38)49(43(39)31-35,36-21-9-3-10-22-36)37-23-11-4-12-24-37/h1-3,5-11,13,15,17-23,25-26,30,32,35,37,40-41,43-44,47-48,52H,4,12,14,16,24,27-29,31H2,(H,50,51). The first-order chi connectivity index (χ1) is 26.3. The number of fused-ring (bicyclic) bond motifs is 2. The summed E-state index contributed by atoms with van der Waals surface area (Å²) >= 11 is 2.23. The number of hydrogen-bond acceptors (Lipinski definition) is 4. The molecule has 10 rings (SSSR count). The summed E-state index contributed by atoms with van der Waals surface area (Å²) < 4.78 is 0. The predicted molar refractivity (Wildman–Crippen MR) is 221 cm³/mol. The first-order valence-corrected chi connectivity index (χ1v) is 21.3. The van der Waals surface area contributed by atoms with Gasteiger partial charge in [-0.2, -0.15) is 0 Å². The number of thioether (sulfide) groups is 1.